The molecule has 0 spiro atoms. The summed E-state index contributed by atoms with van der Waals surface area (Å²) in [5.74, 6) is -0.0368. The number of rotatable bonds is 5. The molecule has 6 nitrogen and oxygen atoms in total. The number of carbonyl (C=O) groups excluding carboxylic acids is 2. The predicted octanol–water partition coefficient (Wildman–Crippen LogP) is 2.21. The van der Waals surface area contributed by atoms with Crippen LogP contribution >= 0.6 is 0 Å². The summed E-state index contributed by atoms with van der Waals surface area (Å²) >= 11 is 0. The number of ether oxygens (including phenoxy) is 1. The van der Waals surface area contributed by atoms with Gasteiger partial charge in [-0.25, -0.2) is 5.43 Å². The minimum absolute atomic E-state index is 0.138. The van der Waals surface area contributed by atoms with Crippen LogP contribution in [0.1, 0.15) is 18.4 Å². The average molecular weight is 323 g/mol. The number of hydrogen-bond donors (Lipinski definition) is 2. The maximum absolute atomic E-state index is 11.5. The molecular formula is C18H17N3O3. The zero-order valence-electron chi connectivity index (χ0n) is 12.9. The van der Waals surface area contributed by atoms with Crippen LogP contribution in [-0.2, 0) is 9.59 Å². The molecule has 0 atom stereocenters. The quantitative estimate of drug-likeness (QED) is 0.503. The fraction of sp³-hybridized carbons (Fsp3) is 0.167. The Morgan fingerprint density at radius 1 is 1.00 bits per heavy atom. The number of benzene rings is 2. The van der Waals surface area contributed by atoms with Crippen molar-refractivity contribution >= 4 is 18.0 Å². The Balaban J connectivity index is 1.55. The maximum atomic E-state index is 11.5. The number of nitrogens with one attached hydrogen (secondary N) is 2. The summed E-state index contributed by atoms with van der Waals surface area (Å²) in [6.45, 7) is 0. The van der Waals surface area contributed by atoms with E-state index in [0.29, 0.717) is 5.75 Å². The summed E-state index contributed by atoms with van der Waals surface area (Å²) in [4.78, 5) is 23.0. The normalized spacial score (nSPS) is 13.5. The van der Waals surface area contributed by atoms with Crippen LogP contribution in [0.4, 0.5) is 0 Å². The van der Waals surface area contributed by atoms with Gasteiger partial charge >= 0.3 is 11.8 Å². The van der Waals surface area contributed by atoms with Gasteiger partial charge in [-0.3, -0.25) is 9.59 Å². The Morgan fingerprint density at radius 3 is 2.50 bits per heavy atom. The van der Waals surface area contributed by atoms with Crippen LogP contribution < -0.4 is 15.5 Å². The van der Waals surface area contributed by atoms with Crippen molar-refractivity contribution in [3.8, 4) is 11.5 Å². The number of nitrogens with zero attached hydrogens (tertiary/aromatic N) is 1. The lowest BCUT2D eigenvalue weighted by atomic mass is 10.2. The molecule has 0 bridgehead atoms. The van der Waals surface area contributed by atoms with Gasteiger partial charge in [-0.2, -0.15) is 5.10 Å². The standard InChI is InChI=1S/C18H17N3O3/c22-17(20-14-9-10-14)18(23)21-19-12-13-5-4-8-16(11-13)24-15-6-2-1-3-7-15/h1-8,11-12,14H,9-10H2,(H,20,22)(H,21,23)/b19-12-. The predicted molar refractivity (Wildman–Crippen MR) is 89.9 cm³/mol. The Morgan fingerprint density at radius 2 is 1.75 bits per heavy atom. The van der Waals surface area contributed by atoms with Gasteiger partial charge in [0.2, 0.25) is 0 Å². The molecule has 2 N–H and O–H groups in total. The first-order valence-corrected chi connectivity index (χ1v) is 7.67. The van der Waals surface area contributed by atoms with Crippen molar-refractivity contribution in [2.24, 2.45) is 5.10 Å². The molecule has 3 rings (SSSR count). The van der Waals surface area contributed by atoms with Crippen LogP contribution in [0.5, 0.6) is 11.5 Å². The van der Waals surface area contributed by atoms with E-state index in [1.54, 1.807) is 6.07 Å². The highest BCUT2D eigenvalue weighted by molar-refractivity contribution is 6.35. The second-order valence-electron chi connectivity index (χ2n) is 5.43. The second-order valence-corrected chi connectivity index (χ2v) is 5.43. The third-order valence-corrected chi connectivity index (χ3v) is 3.34. The molecule has 2 aromatic rings. The van der Waals surface area contributed by atoms with Gasteiger partial charge in [-0.1, -0.05) is 30.3 Å². The van der Waals surface area contributed by atoms with Crippen molar-refractivity contribution in [1.29, 1.82) is 0 Å². The second kappa shape index (κ2) is 7.41. The molecule has 2 amide bonds. The zero-order valence-corrected chi connectivity index (χ0v) is 12.9. The molecule has 6 heteroatoms. The summed E-state index contributed by atoms with van der Waals surface area (Å²) < 4.78 is 5.72. The van der Waals surface area contributed by atoms with Crippen LogP contribution in [0.3, 0.4) is 0 Å². The third kappa shape index (κ3) is 4.67. The topological polar surface area (TPSA) is 79.8 Å². The number of hydrazone groups is 1. The first kappa shape index (κ1) is 15.7. The summed E-state index contributed by atoms with van der Waals surface area (Å²) in [7, 11) is 0. The monoisotopic (exact) mass is 323 g/mol. The molecule has 0 heterocycles. The minimum Gasteiger partial charge on any atom is -0.457 e. The Bertz CT molecular complexity index is 755. The van der Waals surface area contributed by atoms with Gasteiger partial charge in [0.05, 0.1) is 6.21 Å². The van der Waals surface area contributed by atoms with Gasteiger partial charge in [0.15, 0.2) is 0 Å². The minimum atomic E-state index is -0.769. The van der Waals surface area contributed by atoms with Crippen LogP contribution in [0.25, 0.3) is 0 Å². The number of hydrogen-bond acceptors (Lipinski definition) is 4. The lowest BCUT2D eigenvalue weighted by molar-refractivity contribution is -0.139. The van der Waals surface area contributed by atoms with Crippen LogP contribution in [-0.4, -0.2) is 24.1 Å². The lowest BCUT2D eigenvalue weighted by Gasteiger charge is -2.05. The van der Waals surface area contributed by atoms with Gasteiger partial charge in [-0.05, 0) is 42.7 Å². The molecule has 0 aromatic heterocycles. The largest absolute Gasteiger partial charge is 0.457 e. The van der Waals surface area contributed by atoms with Crippen molar-refractivity contribution in [3.05, 3.63) is 60.2 Å². The Labute approximate surface area is 139 Å². The molecule has 2 aromatic carbocycles. The lowest BCUT2D eigenvalue weighted by Crippen LogP contribution is -2.38. The van der Waals surface area contributed by atoms with E-state index in [4.69, 9.17) is 4.74 Å². The van der Waals surface area contributed by atoms with E-state index in [2.05, 4.69) is 15.8 Å². The Kier molecular flexibility index (Phi) is 4.86. The molecule has 24 heavy (non-hydrogen) atoms. The third-order valence-electron chi connectivity index (χ3n) is 3.34. The van der Waals surface area contributed by atoms with Crippen molar-refractivity contribution in [2.45, 2.75) is 18.9 Å². The summed E-state index contributed by atoms with van der Waals surface area (Å²) in [6, 6.07) is 16.8. The van der Waals surface area contributed by atoms with E-state index in [-0.39, 0.29) is 6.04 Å². The van der Waals surface area contributed by atoms with Crippen molar-refractivity contribution < 1.29 is 14.3 Å². The van der Waals surface area contributed by atoms with Crippen LogP contribution in [0.2, 0.25) is 0 Å². The number of carbonyl (C=O) groups is 2. The van der Waals surface area contributed by atoms with Gasteiger partial charge in [0.1, 0.15) is 11.5 Å². The summed E-state index contributed by atoms with van der Waals surface area (Å²) in [5, 5.41) is 6.39. The van der Waals surface area contributed by atoms with E-state index in [1.165, 1.54) is 6.21 Å². The average Bonchev–Trinajstić information content (AvgIpc) is 3.40. The van der Waals surface area contributed by atoms with Gasteiger partial charge < -0.3 is 10.1 Å². The highest BCUT2D eigenvalue weighted by atomic mass is 16.5. The first-order chi connectivity index (χ1) is 11.7. The molecule has 122 valence electrons. The zero-order chi connectivity index (χ0) is 16.8. The van der Waals surface area contributed by atoms with Gasteiger partial charge in [0.25, 0.3) is 0 Å². The molecule has 0 unspecified atom stereocenters. The SMILES string of the molecule is O=C(N/N=C\c1cccc(Oc2ccccc2)c1)C(=O)NC1CC1. The summed E-state index contributed by atoms with van der Waals surface area (Å²) in [6.07, 6.45) is 3.31. The fourth-order valence-corrected chi connectivity index (χ4v) is 1.98. The van der Waals surface area contributed by atoms with E-state index in [9.17, 15) is 9.59 Å². The molecular weight excluding hydrogens is 306 g/mol. The smallest absolute Gasteiger partial charge is 0.329 e. The molecule has 1 aliphatic carbocycles. The highest BCUT2D eigenvalue weighted by Crippen LogP contribution is 2.21. The Hall–Kier alpha value is -3.15. The van der Waals surface area contributed by atoms with Crippen molar-refractivity contribution in [3.63, 3.8) is 0 Å². The summed E-state index contributed by atoms with van der Waals surface area (Å²) in [5.41, 5.74) is 2.95. The number of amides is 2. The molecule has 0 aliphatic heterocycles. The van der Waals surface area contributed by atoms with Crippen molar-refractivity contribution in [2.75, 3.05) is 0 Å². The molecule has 1 aliphatic rings. The van der Waals surface area contributed by atoms with E-state index >= 15 is 0 Å². The maximum Gasteiger partial charge on any atom is 0.329 e. The molecule has 1 saturated carbocycles. The van der Waals surface area contributed by atoms with Crippen LogP contribution in [0.15, 0.2) is 59.7 Å². The van der Waals surface area contributed by atoms with E-state index < -0.39 is 11.8 Å². The fourth-order valence-electron chi connectivity index (χ4n) is 1.98. The van der Waals surface area contributed by atoms with Gasteiger partial charge in [-0.15, -0.1) is 0 Å². The highest BCUT2D eigenvalue weighted by Gasteiger charge is 2.26. The molecule has 0 radical (unpaired) electrons. The van der Waals surface area contributed by atoms with Gasteiger partial charge in [0, 0.05) is 6.04 Å². The van der Waals surface area contributed by atoms with Crippen LogP contribution in [0, 0.1) is 0 Å². The number of para-hydroxylation sites is 1. The first-order valence-electron chi connectivity index (χ1n) is 7.67. The molecule has 1 fully saturated rings. The molecule has 0 saturated heterocycles. The van der Waals surface area contributed by atoms with Crippen molar-refractivity contribution in [1.82, 2.24) is 10.7 Å². The van der Waals surface area contributed by atoms with E-state index in [0.717, 1.165) is 24.2 Å². The van der Waals surface area contributed by atoms with E-state index in [1.807, 2.05) is 48.5 Å².